The molecule has 1 aromatic carbocycles. The lowest BCUT2D eigenvalue weighted by molar-refractivity contribution is 0.602. The molecule has 1 aliphatic heterocycles. The molecule has 1 heterocycles. The van der Waals surface area contributed by atoms with E-state index in [2.05, 4.69) is 15.7 Å². The molecular weight excluding hydrogens is 248 g/mol. The molecule has 0 radical (unpaired) electrons. The normalized spacial score (nSPS) is 16.0. The number of hydrogen-bond donors (Lipinski definition) is 1. The summed E-state index contributed by atoms with van der Waals surface area (Å²) in [5.41, 5.74) is 2.75. The van der Waals surface area contributed by atoms with Crippen LogP contribution in [0.3, 0.4) is 0 Å². The first-order valence-electron chi connectivity index (χ1n) is 6.38. The van der Waals surface area contributed by atoms with Crippen LogP contribution < -0.4 is 9.62 Å². The molecule has 0 saturated carbocycles. The van der Waals surface area contributed by atoms with E-state index in [-0.39, 0.29) is 5.75 Å². The van der Waals surface area contributed by atoms with Gasteiger partial charge in [-0.05, 0) is 44.4 Å². The number of rotatable bonds is 4. The van der Waals surface area contributed by atoms with Gasteiger partial charge in [0.25, 0.3) is 0 Å². The number of nitrogens with one attached hydrogen (secondary N) is 1. The summed E-state index contributed by atoms with van der Waals surface area (Å²) < 4.78 is 25.9. The Morgan fingerprint density at radius 3 is 2.56 bits per heavy atom. The zero-order valence-electron chi connectivity index (χ0n) is 10.9. The van der Waals surface area contributed by atoms with Gasteiger partial charge in [0.2, 0.25) is 10.0 Å². The van der Waals surface area contributed by atoms with Gasteiger partial charge in [-0.2, -0.15) is 0 Å². The van der Waals surface area contributed by atoms with Crippen molar-refractivity contribution in [3.63, 3.8) is 0 Å². The van der Waals surface area contributed by atoms with Crippen LogP contribution in [0.15, 0.2) is 18.2 Å². The minimum atomic E-state index is -3.20. The standard InChI is InChI=1S/C13H20N2O2S/c1-3-18(16,17)14-13-10-12(7-6-11(13)2)15-8-4-5-9-15/h6-7,10,14H,3-5,8-9H2,1-2H3. The molecule has 1 aliphatic rings. The molecule has 5 heteroatoms. The van der Waals surface area contributed by atoms with E-state index in [1.165, 1.54) is 12.8 Å². The summed E-state index contributed by atoms with van der Waals surface area (Å²) in [6.45, 7) is 5.68. The van der Waals surface area contributed by atoms with Crippen molar-refractivity contribution in [2.24, 2.45) is 0 Å². The van der Waals surface area contributed by atoms with Crippen molar-refractivity contribution in [2.45, 2.75) is 26.7 Å². The van der Waals surface area contributed by atoms with E-state index in [9.17, 15) is 8.42 Å². The van der Waals surface area contributed by atoms with Crippen molar-refractivity contribution in [3.05, 3.63) is 23.8 Å². The van der Waals surface area contributed by atoms with E-state index < -0.39 is 10.0 Å². The van der Waals surface area contributed by atoms with Crippen LogP contribution >= 0.6 is 0 Å². The lowest BCUT2D eigenvalue weighted by Crippen LogP contribution is -2.19. The molecule has 0 atom stereocenters. The van der Waals surface area contributed by atoms with Crippen molar-refractivity contribution in [3.8, 4) is 0 Å². The molecule has 1 saturated heterocycles. The van der Waals surface area contributed by atoms with Gasteiger partial charge in [-0.3, -0.25) is 4.72 Å². The SMILES string of the molecule is CCS(=O)(=O)Nc1cc(N2CCCC2)ccc1C. The summed E-state index contributed by atoms with van der Waals surface area (Å²) in [5.74, 6) is 0.0976. The molecule has 1 N–H and O–H groups in total. The predicted molar refractivity (Wildman–Crippen MR) is 75.7 cm³/mol. The molecule has 0 aromatic heterocycles. The molecule has 0 bridgehead atoms. The van der Waals surface area contributed by atoms with Crippen molar-refractivity contribution in [1.29, 1.82) is 0 Å². The summed E-state index contributed by atoms with van der Waals surface area (Å²) in [6, 6.07) is 5.97. The van der Waals surface area contributed by atoms with E-state index in [0.717, 1.165) is 24.3 Å². The Hall–Kier alpha value is -1.23. The van der Waals surface area contributed by atoms with Crippen LogP contribution in [0.1, 0.15) is 25.3 Å². The van der Waals surface area contributed by atoms with Gasteiger partial charge in [-0.25, -0.2) is 8.42 Å². The first-order chi connectivity index (χ1) is 8.52. The molecular formula is C13H20N2O2S. The van der Waals surface area contributed by atoms with Gasteiger partial charge < -0.3 is 4.90 Å². The smallest absolute Gasteiger partial charge is 0.232 e. The van der Waals surface area contributed by atoms with E-state index in [0.29, 0.717) is 5.69 Å². The van der Waals surface area contributed by atoms with E-state index in [4.69, 9.17) is 0 Å². The number of hydrogen-bond acceptors (Lipinski definition) is 3. The van der Waals surface area contributed by atoms with Crippen LogP contribution in [0.25, 0.3) is 0 Å². The van der Waals surface area contributed by atoms with Gasteiger partial charge >= 0.3 is 0 Å². The van der Waals surface area contributed by atoms with Crippen LogP contribution in [0.5, 0.6) is 0 Å². The molecule has 1 fully saturated rings. The van der Waals surface area contributed by atoms with Crippen molar-refractivity contribution < 1.29 is 8.42 Å². The second kappa shape index (κ2) is 5.18. The van der Waals surface area contributed by atoms with Gasteiger partial charge in [-0.15, -0.1) is 0 Å². The van der Waals surface area contributed by atoms with Crippen LogP contribution in [0, 0.1) is 6.92 Å². The average Bonchev–Trinajstić information content (AvgIpc) is 2.85. The summed E-state index contributed by atoms with van der Waals surface area (Å²) in [4.78, 5) is 2.29. The number of aryl methyl sites for hydroxylation is 1. The fourth-order valence-corrected chi connectivity index (χ4v) is 2.83. The minimum absolute atomic E-state index is 0.0976. The van der Waals surface area contributed by atoms with E-state index >= 15 is 0 Å². The fraction of sp³-hybridized carbons (Fsp3) is 0.538. The Bertz CT molecular complexity index is 520. The van der Waals surface area contributed by atoms with Gasteiger partial charge in [-0.1, -0.05) is 6.07 Å². The van der Waals surface area contributed by atoms with Crippen LogP contribution in [-0.4, -0.2) is 27.3 Å². The Morgan fingerprint density at radius 2 is 1.94 bits per heavy atom. The molecule has 0 amide bonds. The minimum Gasteiger partial charge on any atom is -0.371 e. The van der Waals surface area contributed by atoms with Crippen molar-refractivity contribution >= 4 is 21.4 Å². The lowest BCUT2D eigenvalue weighted by atomic mass is 10.2. The first-order valence-corrected chi connectivity index (χ1v) is 8.03. The molecule has 100 valence electrons. The summed E-state index contributed by atoms with van der Waals surface area (Å²) in [6.07, 6.45) is 2.42. The number of sulfonamides is 1. The van der Waals surface area contributed by atoms with Crippen LogP contribution in [0.2, 0.25) is 0 Å². The second-order valence-corrected chi connectivity index (χ2v) is 6.71. The van der Waals surface area contributed by atoms with Gasteiger partial charge in [0, 0.05) is 18.8 Å². The highest BCUT2D eigenvalue weighted by Gasteiger charge is 2.15. The Morgan fingerprint density at radius 1 is 1.28 bits per heavy atom. The fourth-order valence-electron chi connectivity index (χ4n) is 2.13. The molecule has 2 rings (SSSR count). The Labute approximate surface area is 109 Å². The second-order valence-electron chi connectivity index (χ2n) is 4.70. The highest BCUT2D eigenvalue weighted by Crippen LogP contribution is 2.26. The summed E-state index contributed by atoms with van der Waals surface area (Å²) in [7, 11) is -3.20. The van der Waals surface area contributed by atoms with Gasteiger partial charge in [0.05, 0.1) is 11.4 Å². The third kappa shape index (κ3) is 2.96. The summed E-state index contributed by atoms with van der Waals surface area (Å²) in [5, 5.41) is 0. The monoisotopic (exact) mass is 268 g/mol. The van der Waals surface area contributed by atoms with E-state index in [1.54, 1.807) is 6.92 Å². The number of anilines is 2. The van der Waals surface area contributed by atoms with Gasteiger partial charge in [0.15, 0.2) is 0 Å². The Kier molecular flexibility index (Phi) is 3.80. The topological polar surface area (TPSA) is 49.4 Å². The number of nitrogens with zero attached hydrogens (tertiary/aromatic N) is 1. The molecule has 0 spiro atoms. The largest absolute Gasteiger partial charge is 0.371 e. The maximum Gasteiger partial charge on any atom is 0.232 e. The maximum atomic E-state index is 11.6. The predicted octanol–water partition coefficient (Wildman–Crippen LogP) is 2.36. The molecule has 1 aromatic rings. The van der Waals surface area contributed by atoms with Crippen molar-refractivity contribution in [1.82, 2.24) is 0 Å². The van der Waals surface area contributed by atoms with Crippen LogP contribution in [-0.2, 0) is 10.0 Å². The quantitative estimate of drug-likeness (QED) is 0.912. The average molecular weight is 268 g/mol. The number of benzene rings is 1. The first kappa shape index (κ1) is 13.2. The highest BCUT2D eigenvalue weighted by atomic mass is 32.2. The molecule has 0 unspecified atom stereocenters. The third-order valence-electron chi connectivity index (χ3n) is 3.34. The lowest BCUT2D eigenvalue weighted by Gasteiger charge is -2.19. The summed E-state index contributed by atoms with van der Waals surface area (Å²) >= 11 is 0. The van der Waals surface area contributed by atoms with Gasteiger partial charge in [0.1, 0.15) is 0 Å². The molecule has 0 aliphatic carbocycles. The van der Waals surface area contributed by atoms with E-state index in [1.807, 2.05) is 19.1 Å². The van der Waals surface area contributed by atoms with Crippen LogP contribution in [0.4, 0.5) is 11.4 Å². The Balaban J connectivity index is 2.26. The molecule has 18 heavy (non-hydrogen) atoms. The maximum absolute atomic E-state index is 11.6. The highest BCUT2D eigenvalue weighted by molar-refractivity contribution is 7.92. The third-order valence-corrected chi connectivity index (χ3v) is 4.63. The zero-order valence-corrected chi connectivity index (χ0v) is 11.8. The molecule has 4 nitrogen and oxygen atoms in total. The zero-order chi connectivity index (χ0) is 13.2. The van der Waals surface area contributed by atoms with Crippen molar-refractivity contribution in [2.75, 3.05) is 28.5 Å².